The van der Waals surface area contributed by atoms with Crippen molar-refractivity contribution in [3.8, 4) is 11.5 Å². The van der Waals surface area contributed by atoms with Crippen molar-refractivity contribution in [1.29, 1.82) is 0 Å². The van der Waals surface area contributed by atoms with Crippen LogP contribution in [0.1, 0.15) is 22.7 Å². The minimum atomic E-state index is 0.00751. The minimum absolute atomic E-state index is 0.00751. The molecule has 0 unspecified atom stereocenters. The van der Waals surface area contributed by atoms with E-state index in [9.17, 15) is 0 Å². The first-order chi connectivity index (χ1) is 9.72. The number of aryl methyl sites for hydroxylation is 2. The maximum absolute atomic E-state index is 8.96. The van der Waals surface area contributed by atoms with E-state index in [4.69, 9.17) is 14.6 Å². The van der Waals surface area contributed by atoms with Gasteiger partial charge < -0.3 is 14.6 Å². The summed E-state index contributed by atoms with van der Waals surface area (Å²) < 4.78 is 11.0. The second-order valence-corrected chi connectivity index (χ2v) is 5.44. The summed E-state index contributed by atoms with van der Waals surface area (Å²) >= 11 is 1.58. The zero-order valence-electron chi connectivity index (χ0n) is 11.8. The highest BCUT2D eigenvalue weighted by atomic mass is 32.1. The molecule has 0 aliphatic heterocycles. The normalized spacial score (nSPS) is 10.6. The smallest absolute Gasteiger partial charge is 0.161 e. The van der Waals surface area contributed by atoms with Crippen LogP contribution in [0.15, 0.2) is 23.6 Å². The Kier molecular flexibility index (Phi) is 5.38. The van der Waals surface area contributed by atoms with Crippen LogP contribution in [0.5, 0.6) is 11.5 Å². The second-order valence-electron chi connectivity index (χ2n) is 4.50. The summed E-state index contributed by atoms with van der Waals surface area (Å²) in [5.74, 6) is 1.54. The van der Waals surface area contributed by atoms with Crippen molar-refractivity contribution in [3.63, 3.8) is 0 Å². The summed E-state index contributed by atoms with van der Waals surface area (Å²) in [7, 11) is 1.65. The molecule has 0 radical (unpaired) electrons. The molecule has 1 aromatic carbocycles. The Hall–Kier alpha value is -1.59. The first-order valence-electron chi connectivity index (χ1n) is 6.54. The molecule has 4 nitrogen and oxygen atoms in total. The van der Waals surface area contributed by atoms with E-state index in [1.807, 2.05) is 30.5 Å². The van der Waals surface area contributed by atoms with Crippen LogP contribution >= 0.6 is 11.3 Å². The molecule has 5 heteroatoms. The number of aromatic nitrogens is 1. The molecule has 0 bridgehead atoms. The summed E-state index contributed by atoms with van der Waals surface area (Å²) in [6, 6.07) is 5.90. The molecule has 0 aliphatic carbocycles. The third-order valence-electron chi connectivity index (χ3n) is 2.87. The molecule has 0 amide bonds. The van der Waals surface area contributed by atoms with Gasteiger partial charge in [0.1, 0.15) is 0 Å². The summed E-state index contributed by atoms with van der Waals surface area (Å²) in [5.41, 5.74) is 1.89. The predicted octanol–water partition coefficient (Wildman–Crippen LogP) is 2.96. The molecule has 0 aliphatic rings. The quantitative estimate of drug-likeness (QED) is 0.797. The Balaban J connectivity index is 1.81. The maximum atomic E-state index is 8.96. The summed E-state index contributed by atoms with van der Waals surface area (Å²) in [4.78, 5) is 4.31. The number of hydrogen-bond donors (Lipinski definition) is 1. The van der Waals surface area contributed by atoms with Crippen LogP contribution in [-0.4, -0.2) is 23.8 Å². The molecular formula is C15H19NO3S. The number of methoxy groups -OCH3 is 1. The number of benzene rings is 1. The largest absolute Gasteiger partial charge is 0.493 e. The van der Waals surface area contributed by atoms with Crippen molar-refractivity contribution in [3.05, 3.63) is 39.8 Å². The van der Waals surface area contributed by atoms with E-state index < -0.39 is 0 Å². The number of hydrogen-bond acceptors (Lipinski definition) is 5. The third-order valence-corrected chi connectivity index (χ3v) is 3.83. The van der Waals surface area contributed by atoms with E-state index in [-0.39, 0.29) is 6.61 Å². The fourth-order valence-electron chi connectivity index (χ4n) is 1.84. The van der Waals surface area contributed by atoms with Gasteiger partial charge in [-0.1, -0.05) is 6.07 Å². The predicted molar refractivity (Wildman–Crippen MR) is 79.6 cm³/mol. The third kappa shape index (κ3) is 3.95. The second kappa shape index (κ2) is 7.26. The van der Waals surface area contributed by atoms with Crippen molar-refractivity contribution < 1.29 is 14.6 Å². The fraction of sp³-hybridized carbons (Fsp3) is 0.400. The standard InChI is InChI=1S/C15H19NO3S/c1-11-5-6-13(14(8-11)18-2)19-7-3-4-15-16-12(9-17)10-20-15/h5-6,8,10,17H,3-4,7,9H2,1-2H3. The highest BCUT2D eigenvalue weighted by Crippen LogP contribution is 2.27. The first-order valence-corrected chi connectivity index (χ1v) is 7.42. The van der Waals surface area contributed by atoms with Crippen molar-refractivity contribution >= 4 is 11.3 Å². The minimum Gasteiger partial charge on any atom is -0.493 e. The number of rotatable bonds is 7. The molecule has 0 saturated heterocycles. The molecule has 0 atom stereocenters. The van der Waals surface area contributed by atoms with E-state index in [1.54, 1.807) is 18.4 Å². The molecule has 1 heterocycles. The molecule has 0 fully saturated rings. The Labute approximate surface area is 123 Å². The monoisotopic (exact) mass is 293 g/mol. The zero-order chi connectivity index (χ0) is 14.4. The Morgan fingerprint density at radius 3 is 2.85 bits per heavy atom. The molecule has 20 heavy (non-hydrogen) atoms. The van der Waals surface area contributed by atoms with Crippen LogP contribution in [0, 0.1) is 6.92 Å². The Morgan fingerprint density at radius 1 is 1.30 bits per heavy atom. The van der Waals surface area contributed by atoms with Gasteiger partial charge in [0.05, 0.1) is 31.0 Å². The first kappa shape index (κ1) is 14.8. The van der Waals surface area contributed by atoms with Crippen molar-refractivity contribution in [2.45, 2.75) is 26.4 Å². The molecule has 2 aromatic rings. The molecule has 1 aromatic heterocycles. The van der Waals surface area contributed by atoms with Crippen molar-refractivity contribution in [2.75, 3.05) is 13.7 Å². The van der Waals surface area contributed by atoms with Gasteiger partial charge in [0.25, 0.3) is 0 Å². The van der Waals surface area contributed by atoms with Gasteiger partial charge in [-0.2, -0.15) is 0 Å². The lowest BCUT2D eigenvalue weighted by molar-refractivity contribution is 0.277. The van der Waals surface area contributed by atoms with E-state index in [0.717, 1.165) is 40.6 Å². The highest BCUT2D eigenvalue weighted by Gasteiger charge is 2.05. The lowest BCUT2D eigenvalue weighted by atomic mass is 10.2. The summed E-state index contributed by atoms with van der Waals surface area (Å²) in [6.07, 6.45) is 1.74. The van der Waals surface area contributed by atoms with Gasteiger partial charge in [0, 0.05) is 11.8 Å². The molecule has 1 N–H and O–H groups in total. The van der Waals surface area contributed by atoms with Gasteiger partial charge in [-0.25, -0.2) is 4.98 Å². The van der Waals surface area contributed by atoms with Crippen molar-refractivity contribution in [1.82, 2.24) is 4.98 Å². The van der Waals surface area contributed by atoms with Crippen LogP contribution in [0.2, 0.25) is 0 Å². The van der Waals surface area contributed by atoms with Crippen LogP contribution in [0.4, 0.5) is 0 Å². The number of ether oxygens (including phenoxy) is 2. The Morgan fingerprint density at radius 2 is 2.15 bits per heavy atom. The topological polar surface area (TPSA) is 51.6 Å². The van der Waals surface area contributed by atoms with E-state index in [0.29, 0.717) is 6.61 Å². The Bertz CT molecular complexity index is 554. The molecule has 0 saturated carbocycles. The highest BCUT2D eigenvalue weighted by molar-refractivity contribution is 7.09. The summed E-state index contributed by atoms with van der Waals surface area (Å²) in [5, 5.41) is 11.9. The van der Waals surface area contributed by atoms with Crippen molar-refractivity contribution in [2.24, 2.45) is 0 Å². The van der Waals surface area contributed by atoms with Gasteiger partial charge in [0.2, 0.25) is 0 Å². The van der Waals surface area contributed by atoms with Gasteiger partial charge in [-0.3, -0.25) is 0 Å². The van der Waals surface area contributed by atoms with Gasteiger partial charge in [0.15, 0.2) is 11.5 Å². The number of aliphatic hydroxyl groups is 1. The number of aliphatic hydroxyl groups excluding tert-OH is 1. The molecule has 108 valence electrons. The van der Waals surface area contributed by atoms with E-state index in [2.05, 4.69) is 4.98 Å². The fourth-order valence-corrected chi connectivity index (χ4v) is 2.67. The molecule has 0 spiro atoms. The maximum Gasteiger partial charge on any atom is 0.161 e. The number of thiazole rings is 1. The van der Waals surface area contributed by atoms with Crippen LogP contribution in [-0.2, 0) is 13.0 Å². The number of nitrogens with zero attached hydrogens (tertiary/aromatic N) is 1. The van der Waals surface area contributed by atoms with E-state index >= 15 is 0 Å². The van der Waals surface area contributed by atoms with Gasteiger partial charge >= 0.3 is 0 Å². The average Bonchev–Trinajstić information content (AvgIpc) is 2.92. The van der Waals surface area contributed by atoms with Crippen LogP contribution < -0.4 is 9.47 Å². The van der Waals surface area contributed by atoms with Crippen LogP contribution in [0.3, 0.4) is 0 Å². The summed E-state index contributed by atoms with van der Waals surface area (Å²) in [6.45, 7) is 2.65. The van der Waals surface area contributed by atoms with Gasteiger partial charge in [-0.05, 0) is 31.0 Å². The lowest BCUT2D eigenvalue weighted by Gasteiger charge is -2.10. The van der Waals surface area contributed by atoms with Gasteiger partial charge in [-0.15, -0.1) is 11.3 Å². The zero-order valence-corrected chi connectivity index (χ0v) is 12.6. The molecular weight excluding hydrogens is 274 g/mol. The molecule has 2 rings (SSSR count). The SMILES string of the molecule is COc1cc(C)ccc1OCCCc1nc(CO)cs1. The lowest BCUT2D eigenvalue weighted by Crippen LogP contribution is -2.01. The van der Waals surface area contributed by atoms with Crippen LogP contribution in [0.25, 0.3) is 0 Å². The van der Waals surface area contributed by atoms with E-state index in [1.165, 1.54) is 0 Å². The average molecular weight is 293 g/mol.